The lowest BCUT2D eigenvalue weighted by Crippen LogP contribution is -2.20. The third-order valence-electron chi connectivity index (χ3n) is 4.86. The van der Waals surface area contributed by atoms with Crippen LogP contribution in [0.1, 0.15) is 24.5 Å². The van der Waals surface area contributed by atoms with Crippen molar-refractivity contribution in [2.24, 2.45) is 0 Å². The Morgan fingerprint density at radius 1 is 1.07 bits per heavy atom. The maximum atomic E-state index is 13.5. The molecular formula is C22H22FN5OS. The standard InChI is InChI=1S/C22H22FN5OS/c1-15(27(2)3)21-24-25-22(28(21)19-11-9-17(23)10-12-19)30-14-18-13-20(29-26-18)16-7-5-4-6-8-16/h4-13,15H,14H2,1-3H3/t15-/m1/s1. The number of nitrogens with zero attached hydrogens (tertiary/aromatic N) is 5. The van der Waals surface area contributed by atoms with Gasteiger partial charge in [-0.25, -0.2) is 4.39 Å². The third-order valence-corrected chi connectivity index (χ3v) is 5.82. The Kier molecular flexibility index (Phi) is 5.96. The zero-order valence-corrected chi connectivity index (χ0v) is 17.8. The summed E-state index contributed by atoms with van der Waals surface area (Å²) in [5.41, 5.74) is 2.62. The van der Waals surface area contributed by atoms with E-state index in [1.807, 2.05) is 55.1 Å². The maximum absolute atomic E-state index is 13.5. The first-order valence-corrected chi connectivity index (χ1v) is 10.5. The predicted octanol–water partition coefficient (Wildman–Crippen LogP) is 4.98. The summed E-state index contributed by atoms with van der Waals surface area (Å²) >= 11 is 1.51. The summed E-state index contributed by atoms with van der Waals surface area (Å²) in [6.07, 6.45) is 0. The van der Waals surface area contributed by atoms with E-state index in [1.54, 1.807) is 12.1 Å². The fourth-order valence-corrected chi connectivity index (χ4v) is 3.81. The molecule has 0 radical (unpaired) electrons. The van der Waals surface area contributed by atoms with Crippen molar-refractivity contribution < 1.29 is 8.91 Å². The van der Waals surface area contributed by atoms with Gasteiger partial charge < -0.3 is 4.52 Å². The van der Waals surface area contributed by atoms with Gasteiger partial charge in [-0.2, -0.15) is 0 Å². The highest BCUT2D eigenvalue weighted by Crippen LogP contribution is 2.29. The number of benzene rings is 2. The second-order valence-corrected chi connectivity index (χ2v) is 8.07. The molecule has 6 nitrogen and oxygen atoms in total. The summed E-state index contributed by atoms with van der Waals surface area (Å²) in [7, 11) is 3.98. The first kappa shape index (κ1) is 20.3. The minimum absolute atomic E-state index is 0.0358. The van der Waals surface area contributed by atoms with Crippen molar-refractivity contribution in [2.45, 2.75) is 23.9 Å². The van der Waals surface area contributed by atoms with Crippen molar-refractivity contribution in [1.29, 1.82) is 0 Å². The molecule has 154 valence electrons. The maximum Gasteiger partial charge on any atom is 0.196 e. The zero-order chi connectivity index (χ0) is 21.1. The number of hydrogen-bond acceptors (Lipinski definition) is 6. The Bertz CT molecular complexity index is 1110. The Morgan fingerprint density at radius 3 is 2.50 bits per heavy atom. The fraction of sp³-hybridized carbons (Fsp3) is 0.227. The number of aromatic nitrogens is 4. The van der Waals surface area contributed by atoms with Crippen LogP contribution in [0.3, 0.4) is 0 Å². The van der Waals surface area contributed by atoms with E-state index in [9.17, 15) is 4.39 Å². The Labute approximate surface area is 178 Å². The second-order valence-electron chi connectivity index (χ2n) is 7.13. The van der Waals surface area contributed by atoms with Crippen LogP contribution in [0.5, 0.6) is 0 Å². The van der Waals surface area contributed by atoms with E-state index in [0.29, 0.717) is 5.75 Å². The minimum atomic E-state index is -0.278. The fourth-order valence-electron chi connectivity index (χ4n) is 2.97. The molecule has 0 amide bonds. The largest absolute Gasteiger partial charge is 0.356 e. The van der Waals surface area contributed by atoms with Crippen molar-refractivity contribution in [3.05, 3.63) is 78.0 Å². The van der Waals surface area contributed by atoms with Gasteiger partial charge in [0.2, 0.25) is 0 Å². The lowest BCUT2D eigenvalue weighted by Gasteiger charge is -2.20. The zero-order valence-electron chi connectivity index (χ0n) is 17.0. The smallest absolute Gasteiger partial charge is 0.196 e. The number of hydrogen-bond donors (Lipinski definition) is 0. The van der Waals surface area contributed by atoms with Crippen molar-refractivity contribution >= 4 is 11.8 Å². The van der Waals surface area contributed by atoms with Gasteiger partial charge in [0.15, 0.2) is 16.7 Å². The summed E-state index contributed by atoms with van der Waals surface area (Å²) in [4.78, 5) is 2.06. The first-order valence-electron chi connectivity index (χ1n) is 9.54. The molecule has 0 fully saturated rings. The Morgan fingerprint density at radius 2 is 1.80 bits per heavy atom. The SMILES string of the molecule is C[C@H](c1nnc(SCc2cc(-c3ccccc3)on2)n1-c1ccc(F)cc1)N(C)C. The van der Waals surface area contributed by atoms with Crippen LogP contribution in [-0.2, 0) is 5.75 Å². The van der Waals surface area contributed by atoms with Crippen molar-refractivity contribution in [3.8, 4) is 17.0 Å². The molecular weight excluding hydrogens is 401 g/mol. The molecule has 2 aromatic carbocycles. The minimum Gasteiger partial charge on any atom is -0.356 e. The van der Waals surface area contributed by atoms with Crippen LogP contribution in [0, 0.1) is 5.82 Å². The first-order chi connectivity index (χ1) is 14.5. The summed E-state index contributed by atoms with van der Waals surface area (Å²) in [6.45, 7) is 2.06. The molecule has 8 heteroatoms. The normalized spacial score (nSPS) is 12.4. The molecule has 0 aliphatic rings. The predicted molar refractivity (Wildman–Crippen MR) is 115 cm³/mol. The van der Waals surface area contributed by atoms with Gasteiger partial charge in [-0.1, -0.05) is 47.3 Å². The number of rotatable bonds is 7. The molecule has 4 aromatic rings. The highest BCUT2D eigenvalue weighted by molar-refractivity contribution is 7.98. The number of halogens is 1. The van der Waals surface area contributed by atoms with Gasteiger partial charge in [0, 0.05) is 23.1 Å². The quantitative estimate of drug-likeness (QED) is 0.391. The monoisotopic (exact) mass is 423 g/mol. The van der Waals surface area contributed by atoms with Gasteiger partial charge in [-0.3, -0.25) is 9.47 Å². The summed E-state index contributed by atoms with van der Waals surface area (Å²) in [5, 5.41) is 13.7. The molecule has 2 heterocycles. The van der Waals surface area contributed by atoms with Crippen LogP contribution >= 0.6 is 11.8 Å². The highest BCUT2D eigenvalue weighted by atomic mass is 32.2. The third kappa shape index (κ3) is 4.29. The van der Waals surface area contributed by atoms with Gasteiger partial charge in [0.05, 0.1) is 11.7 Å². The van der Waals surface area contributed by atoms with Gasteiger partial charge in [-0.05, 0) is 45.3 Å². The molecule has 0 N–H and O–H groups in total. The molecule has 4 rings (SSSR count). The van der Waals surface area contributed by atoms with Crippen LogP contribution in [0.15, 0.2) is 70.3 Å². The molecule has 0 bridgehead atoms. The van der Waals surface area contributed by atoms with Gasteiger partial charge in [0.25, 0.3) is 0 Å². The van der Waals surface area contributed by atoms with E-state index in [4.69, 9.17) is 4.52 Å². The van der Waals surface area contributed by atoms with E-state index in [0.717, 1.165) is 33.7 Å². The Hall–Kier alpha value is -2.97. The number of thioether (sulfide) groups is 1. The average molecular weight is 424 g/mol. The van der Waals surface area contributed by atoms with Crippen molar-refractivity contribution in [1.82, 2.24) is 24.8 Å². The molecule has 30 heavy (non-hydrogen) atoms. The van der Waals surface area contributed by atoms with E-state index in [2.05, 4.69) is 27.2 Å². The van der Waals surface area contributed by atoms with E-state index in [1.165, 1.54) is 23.9 Å². The lowest BCUT2D eigenvalue weighted by molar-refractivity contribution is 0.305. The Balaban J connectivity index is 1.60. The lowest BCUT2D eigenvalue weighted by atomic mass is 10.2. The molecule has 0 unspecified atom stereocenters. The molecule has 1 atom stereocenters. The van der Waals surface area contributed by atoms with E-state index >= 15 is 0 Å². The second kappa shape index (κ2) is 8.81. The van der Waals surface area contributed by atoms with Gasteiger partial charge in [0.1, 0.15) is 5.82 Å². The molecule has 0 saturated heterocycles. The van der Waals surface area contributed by atoms with E-state index in [-0.39, 0.29) is 11.9 Å². The van der Waals surface area contributed by atoms with Gasteiger partial charge >= 0.3 is 0 Å². The molecule has 0 saturated carbocycles. The topological polar surface area (TPSA) is 60.0 Å². The van der Waals surface area contributed by atoms with E-state index < -0.39 is 0 Å². The molecule has 0 aliphatic carbocycles. The summed E-state index contributed by atoms with van der Waals surface area (Å²) < 4.78 is 20.9. The van der Waals surface area contributed by atoms with Crippen LogP contribution in [-0.4, -0.2) is 38.9 Å². The summed E-state index contributed by atoms with van der Waals surface area (Å²) in [5.74, 6) is 1.82. The summed E-state index contributed by atoms with van der Waals surface area (Å²) in [6, 6.07) is 18.2. The molecule has 0 spiro atoms. The molecule has 2 aromatic heterocycles. The average Bonchev–Trinajstić information content (AvgIpc) is 3.40. The van der Waals surface area contributed by atoms with Crippen LogP contribution in [0.2, 0.25) is 0 Å². The van der Waals surface area contributed by atoms with Crippen LogP contribution in [0.4, 0.5) is 4.39 Å². The van der Waals surface area contributed by atoms with Crippen LogP contribution in [0.25, 0.3) is 17.0 Å². The van der Waals surface area contributed by atoms with Gasteiger partial charge in [-0.15, -0.1) is 10.2 Å². The molecule has 0 aliphatic heterocycles. The van der Waals surface area contributed by atoms with Crippen LogP contribution < -0.4 is 0 Å². The highest BCUT2D eigenvalue weighted by Gasteiger charge is 2.21. The van der Waals surface area contributed by atoms with Crippen molar-refractivity contribution in [3.63, 3.8) is 0 Å². The van der Waals surface area contributed by atoms with Crippen molar-refractivity contribution in [2.75, 3.05) is 14.1 Å².